The van der Waals surface area contributed by atoms with E-state index < -0.39 is 28.6 Å². The Labute approximate surface area is 154 Å². The van der Waals surface area contributed by atoms with Crippen LogP contribution in [-0.4, -0.2) is 68.8 Å². The molecule has 0 amide bonds. The molecule has 7 nitrogen and oxygen atoms in total. The molecule has 0 aliphatic carbocycles. The summed E-state index contributed by atoms with van der Waals surface area (Å²) in [5, 5.41) is 10.9. The van der Waals surface area contributed by atoms with Crippen molar-refractivity contribution in [2.45, 2.75) is 61.7 Å². The van der Waals surface area contributed by atoms with Crippen LogP contribution in [0.3, 0.4) is 0 Å². The predicted octanol–water partition coefficient (Wildman–Crippen LogP) is 1.04. The number of hydrogen-bond donors (Lipinski definition) is 1. The third kappa shape index (κ3) is 3.42. The van der Waals surface area contributed by atoms with Gasteiger partial charge in [0, 0.05) is 0 Å². The Kier molecular flexibility index (Phi) is 5.06. The number of aliphatic hydroxyl groups excluding tert-OH is 1. The summed E-state index contributed by atoms with van der Waals surface area (Å²) in [5.74, 6) is 0. The standard InChI is InChI=1S/C18H25NO6S/c1-12-5-7-13(8-6-12)26(21,22)25-17-16(20)15(14-11-23-18(17)24-14)19-9-3-2-4-10-19/h5-8,14-18,20H,2-4,9-11H2,1H3. The molecule has 3 heterocycles. The zero-order valence-electron chi connectivity index (χ0n) is 14.8. The summed E-state index contributed by atoms with van der Waals surface area (Å²) >= 11 is 0. The van der Waals surface area contributed by atoms with Crippen molar-refractivity contribution in [2.24, 2.45) is 0 Å². The van der Waals surface area contributed by atoms with E-state index in [0.717, 1.165) is 31.5 Å². The van der Waals surface area contributed by atoms with Gasteiger partial charge in [-0.05, 0) is 45.0 Å². The van der Waals surface area contributed by atoms with Crippen LogP contribution in [0.4, 0.5) is 0 Å². The van der Waals surface area contributed by atoms with Crippen molar-refractivity contribution in [3.63, 3.8) is 0 Å². The van der Waals surface area contributed by atoms with E-state index in [0.29, 0.717) is 6.61 Å². The minimum Gasteiger partial charge on any atom is -0.388 e. The lowest BCUT2D eigenvalue weighted by Gasteiger charge is -2.44. The molecule has 5 unspecified atom stereocenters. The average Bonchev–Trinajstić information content (AvgIpc) is 3.06. The highest BCUT2D eigenvalue weighted by molar-refractivity contribution is 7.86. The molecule has 3 fully saturated rings. The first-order valence-electron chi connectivity index (χ1n) is 9.15. The number of fused-ring (bicyclic) bond motifs is 2. The second-order valence-electron chi connectivity index (χ2n) is 7.28. The molecule has 0 aromatic heterocycles. The van der Waals surface area contributed by atoms with E-state index in [4.69, 9.17) is 13.7 Å². The summed E-state index contributed by atoms with van der Waals surface area (Å²) in [5.41, 5.74) is 0.956. The van der Waals surface area contributed by atoms with Gasteiger partial charge in [-0.15, -0.1) is 0 Å². The molecule has 1 aromatic rings. The van der Waals surface area contributed by atoms with Crippen molar-refractivity contribution in [1.29, 1.82) is 0 Å². The Bertz CT molecular complexity index is 731. The van der Waals surface area contributed by atoms with Gasteiger partial charge in [-0.2, -0.15) is 8.42 Å². The van der Waals surface area contributed by atoms with Crippen LogP contribution in [0.5, 0.6) is 0 Å². The summed E-state index contributed by atoms with van der Waals surface area (Å²) in [7, 11) is -4.03. The minimum absolute atomic E-state index is 0.0601. The second kappa shape index (κ2) is 7.18. The van der Waals surface area contributed by atoms with Crippen LogP contribution >= 0.6 is 0 Å². The maximum atomic E-state index is 12.7. The SMILES string of the molecule is Cc1ccc(S(=O)(=O)OC2C3OCC(O3)C(N3CCCCC3)C2O)cc1. The highest BCUT2D eigenvalue weighted by Gasteiger charge is 2.54. The number of benzene rings is 1. The summed E-state index contributed by atoms with van der Waals surface area (Å²) in [6, 6.07) is 6.11. The van der Waals surface area contributed by atoms with Crippen molar-refractivity contribution in [1.82, 2.24) is 4.90 Å². The Balaban J connectivity index is 1.56. The first-order chi connectivity index (χ1) is 12.5. The Morgan fingerprint density at radius 2 is 1.85 bits per heavy atom. The molecular formula is C18H25NO6S. The van der Waals surface area contributed by atoms with Crippen LogP contribution in [0, 0.1) is 6.92 Å². The number of aryl methyl sites for hydroxylation is 1. The fraction of sp³-hybridized carbons (Fsp3) is 0.667. The van der Waals surface area contributed by atoms with Crippen molar-refractivity contribution in [3.05, 3.63) is 29.8 Å². The summed E-state index contributed by atoms with van der Waals surface area (Å²) < 4.78 is 42.1. The number of likely N-dealkylation sites (tertiary alicyclic amines) is 1. The molecular weight excluding hydrogens is 358 g/mol. The van der Waals surface area contributed by atoms with E-state index in [9.17, 15) is 13.5 Å². The van der Waals surface area contributed by atoms with Gasteiger partial charge in [0.25, 0.3) is 10.1 Å². The van der Waals surface area contributed by atoms with E-state index in [2.05, 4.69) is 4.90 Å². The molecule has 2 bridgehead atoms. The van der Waals surface area contributed by atoms with Crippen molar-refractivity contribution < 1.29 is 27.2 Å². The molecule has 8 heteroatoms. The lowest BCUT2D eigenvalue weighted by atomic mass is 9.94. The number of ether oxygens (including phenoxy) is 2. The molecule has 3 aliphatic rings. The second-order valence-corrected chi connectivity index (χ2v) is 8.85. The lowest BCUT2D eigenvalue weighted by molar-refractivity contribution is -0.208. The van der Waals surface area contributed by atoms with E-state index in [1.165, 1.54) is 18.6 Å². The number of hydrogen-bond acceptors (Lipinski definition) is 7. The van der Waals surface area contributed by atoms with Crippen LogP contribution in [0.25, 0.3) is 0 Å². The highest BCUT2D eigenvalue weighted by Crippen LogP contribution is 2.35. The maximum Gasteiger partial charge on any atom is 0.297 e. The number of nitrogens with zero attached hydrogens (tertiary/aromatic N) is 1. The van der Waals surface area contributed by atoms with Gasteiger partial charge in [0.1, 0.15) is 12.2 Å². The normalized spacial score (nSPS) is 35.5. The molecule has 144 valence electrons. The van der Waals surface area contributed by atoms with Crippen LogP contribution in [-0.2, 0) is 23.8 Å². The summed E-state index contributed by atoms with van der Waals surface area (Å²) in [6.07, 6.45) is 0.116. The largest absolute Gasteiger partial charge is 0.388 e. The number of piperidine rings is 1. The first-order valence-corrected chi connectivity index (χ1v) is 10.6. The maximum absolute atomic E-state index is 12.7. The molecule has 4 rings (SSSR count). The van der Waals surface area contributed by atoms with E-state index >= 15 is 0 Å². The van der Waals surface area contributed by atoms with Gasteiger partial charge < -0.3 is 14.6 Å². The van der Waals surface area contributed by atoms with Gasteiger partial charge in [-0.3, -0.25) is 9.08 Å². The van der Waals surface area contributed by atoms with Gasteiger partial charge in [0.05, 0.1) is 17.5 Å². The smallest absolute Gasteiger partial charge is 0.297 e. The van der Waals surface area contributed by atoms with Crippen LogP contribution < -0.4 is 0 Å². The first kappa shape index (κ1) is 18.3. The van der Waals surface area contributed by atoms with Crippen LogP contribution in [0.2, 0.25) is 0 Å². The highest BCUT2D eigenvalue weighted by atomic mass is 32.2. The number of aliphatic hydroxyl groups is 1. The molecule has 26 heavy (non-hydrogen) atoms. The van der Waals surface area contributed by atoms with Crippen molar-refractivity contribution in [2.75, 3.05) is 19.7 Å². The third-order valence-electron chi connectivity index (χ3n) is 5.43. The summed E-state index contributed by atoms with van der Waals surface area (Å²) in [4.78, 5) is 2.24. The van der Waals surface area contributed by atoms with Gasteiger partial charge >= 0.3 is 0 Å². The van der Waals surface area contributed by atoms with Gasteiger partial charge in [-0.25, -0.2) is 0 Å². The van der Waals surface area contributed by atoms with Crippen molar-refractivity contribution >= 4 is 10.1 Å². The molecule has 3 saturated heterocycles. The van der Waals surface area contributed by atoms with E-state index in [-0.39, 0.29) is 17.0 Å². The fourth-order valence-electron chi connectivity index (χ4n) is 4.04. The lowest BCUT2D eigenvalue weighted by Crippen LogP contribution is -2.62. The fourth-order valence-corrected chi connectivity index (χ4v) is 5.12. The molecule has 1 aromatic carbocycles. The topological polar surface area (TPSA) is 85.3 Å². The van der Waals surface area contributed by atoms with Gasteiger partial charge in [0.2, 0.25) is 0 Å². The summed E-state index contributed by atoms with van der Waals surface area (Å²) in [6.45, 7) is 3.95. The third-order valence-corrected chi connectivity index (χ3v) is 6.75. The monoisotopic (exact) mass is 383 g/mol. The quantitative estimate of drug-likeness (QED) is 0.778. The van der Waals surface area contributed by atoms with Crippen molar-refractivity contribution in [3.8, 4) is 0 Å². The molecule has 0 radical (unpaired) electrons. The van der Waals surface area contributed by atoms with Gasteiger partial charge in [0.15, 0.2) is 12.4 Å². The zero-order chi connectivity index (χ0) is 18.3. The Morgan fingerprint density at radius 1 is 1.15 bits per heavy atom. The van der Waals surface area contributed by atoms with Gasteiger partial charge in [-0.1, -0.05) is 24.1 Å². The molecule has 5 atom stereocenters. The zero-order valence-corrected chi connectivity index (χ0v) is 15.6. The Hall–Kier alpha value is -1.03. The van der Waals surface area contributed by atoms with Crippen LogP contribution in [0.15, 0.2) is 29.2 Å². The minimum atomic E-state index is -4.03. The predicted molar refractivity (Wildman–Crippen MR) is 93.1 cm³/mol. The average molecular weight is 383 g/mol. The molecule has 1 N–H and O–H groups in total. The van der Waals surface area contributed by atoms with E-state index in [1.54, 1.807) is 12.1 Å². The Morgan fingerprint density at radius 3 is 2.54 bits per heavy atom. The molecule has 0 saturated carbocycles. The van der Waals surface area contributed by atoms with E-state index in [1.807, 2.05) is 6.92 Å². The number of rotatable bonds is 4. The molecule has 0 spiro atoms. The molecule has 3 aliphatic heterocycles. The van der Waals surface area contributed by atoms with Crippen LogP contribution in [0.1, 0.15) is 24.8 Å².